The summed E-state index contributed by atoms with van der Waals surface area (Å²) in [4.78, 5) is 12.7. The predicted octanol–water partition coefficient (Wildman–Crippen LogP) is 4.91. The van der Waals surface area contributed by atoms with Crippen molar-refractivity contribution in [2.75, 3.05) is 20.8 Å². The van der Waals surface area contributed by atoms with Crippen LogP contribution in [0.5, 0.6) is 11.5 Å². The monoisotopic (exact) mass is 486 g/mol. The number of azo groups is 1. The fourth-order valence-electron chi connectivity index (χ4n) is 2.95. The van der Waals surface area contributed by atoms with Crippen molar-refractivity contribution < 1.29 is 19.0 Å². The maximum atomic E-state index is 12.7. The van der Waals surface area contributed by atoms with E-state index >= 15 is 0 Å². The molecule has 31 heavy (non-hydrogen) atoms. The Kier molecular flexibility index (Phi) is 7.91. The second-order valence-corrected chi connectivity index (χ2v) is 7.22. The zero-order chi connectivity index (χ0) is 22.2. The Balaban J connectivity index is 1.73. The van der Waals surface area contributed by atoms with Crippen LogP contribution in [0.1, 0.15) is 24.2 Å². The minimum absolute atomic E-state index is 0.197. The number of benzene rings is 2. The van der Waals surface area contributed by atoms with Crippen LogP contribution in [0.15, 0.2) is 69.6 Å². The number of ether oxygens (including phenoxy) is 3. The van der Waals surface area contributed by atoms with Gasteiger partial charge in [-0.25, -0.2) is 4.68 Å². The number of nitrogens with zero attached hydrogens (tertiary/aromatic N) is 4. The summed E-state index contributed by atoms with van der Waals surface area (Å²) in [6, 6.07) is 12.9. The predicted molar refractivity (Wildman–Crippen MR) is 119 cm³/mol. The molecule has 1 amide bonds. The molecule has 0 spiro atoms. The Bertz CT molecular complexity index is 1010. The number of carbonyl (C=O) groups excluding carboxylic acids is 1. The molecule has 8 nitrogen and oxygen atoms in total. The van der Waals surface area contributed by atoms with E-state index in [1.165, 1.54) is 0 Å². The van der Waals surface area contributed by atoms with Crippen molar-refractivity contribution in [3.05, 3.63) is 70.5 Å². The van der Waals surface area contributed by atoms with Gasteiger partial charge >= 0.3 is 0 Å². The van der Waals surface area contributed by atoms with E-state index in [0.29, 0.717) is 28.1 Å². The van der Waals surface area contributed by atoms with Gasteiger partial charge in [-0.05, 0) is 64.3 Å². The Labute approximate surface area is 189 Å². The molecule has 1 heterocycles. The molecule has 0 fully saturated rings. The molecule has 0 radical (unpaired) electrons. The van der Waals surface area contributed by atoms with Crippen LogP contribution in [-0.2, 0) is 16.1 Å². The molecular weight excluding hydrogens is 464 g/mol. The summed E-state index contributed by atoms with van der Waals surface area (Å²) < 4.78 is 18.7. The van der Waals surface area contributed by atoms with Gasteiger partial charge in [0.2, 0.25) is 0 Å². The average Bonchev–Trinajstić information content (AvgIpc) is 3.33. The summed E-state index contributed by atoms with van der Waals surface area (Å²) in [7, 11) is 3.14. The zero-order valence-corrected chi connectivity index (χ0v) is 19.1. The molecule has 3 aromatic rings. The second-order valence-electron chi connectivity index (χ2n) is 6.43. The van der Waals surface area contributed by atoms with E-state index in [9.17, 15) is 4.79 Å². The molecule has 0 saturated heterocycles. The molecule has 0 aliphatic rings. The Morgan fingerprint density at radius 1 is 1.16 bits per heavy atom. The van der Waals surface area contributed by atoms with E-state index in [4.69, 9.17) is 14.2 Å². The van der Waals surface area contributed by atoms with E-state index in [2.05, 4.69) is 31.3 Å². The lowest BCUT2D eigenvalue weighted by atomic mass is 10.1. The molecular formula is C22H23BrN4O4. The highest BCUT2D eigenvalue weighted by Gasteiger charge is 2.21. The number of carbonyl (C=O) groups is 1. The van der Waals surface area contributed by atoms with Crippen LogP contribution >= 0.6 is 15.9 Å². The Hall–Kier alpha value is -3.04. The molecule has 0 saturated carbocycles. The van der Waals surface area contributed by atoms with Crippen LogP contribution < -0.4 is 9.47 Å². The van der Waals surface area contributed by atoms with Crippen LogP contribution in [0.2, 0.25) is 0 Å². The van der Waals surface area contributed by atoms with E-state index in [-0.39, 0.29) is 6.54 Å². The minimum atomic E-state index is -0.825. The minimum Gasteiger partial charge on any atom is -0.495 e. The van der Waals surface area contributed by atoms with Gasteiger partial charge in [-0.15, -0.1) is 5.11 Å². The normalized spacial score (nSPS) is 12.1. The highest BCUT2D eigenvalue weighted by Crippen LogP contribution is 2.35. The Morgan fingerprint density at radius 2 is 1.84 bits per heavy atom. The fraction of sp³-hybridized carbons (Fsp3) is 0.273. The number of aromatic nitrogens is 2. The topological polar surface area (TPSA) is 87.3 Å². The molecule has 2 aromatic carbocycles. The first-order valence-electron chi connectivity index (χ1n) is 9.60. The van der Waals surface area contributed by atoms with Crippen LogP contribution in [-0.4, -0.2) is 36.5 Å². The number of hydrogen-bond acceptors (Lipinski definition) is 6. The largest absolute Gasteiger partial charge is 0.495 e. The summed E-state index contributed by atoms with van der Waals surface area (Å²) >= 11 is 3.43. The first-order valence-corrected chi connectivity index (χ1v) is 10.4. The zero-order valence-electron chi connectivity index (χ0n) is 17.5. The molecule has 9 heteroatoms. The summed E-state index contributed by atoms with van der Waals surface area (Å²) in [5, 5.41) is 12.1. The van der Waals surface area contributed by atoms with E-state index < -0.39 is 12.0 Å². The Morgan fingerprint density at radius 3 is 2.39 bits per heavy atom. The molecule has 3 rings (SSSR count). The van der Waals surface area contributed by atoms with Crippen LogP contribution in [0.3, 0.4) is 0 Å². The number of methoxy groups -OCH3 is 2. The highest BCUT2D eigenvalue weighted by molar-refractivity contribution is 9.10. The number of hydrogen-bond donors (Lipinski definition) is 0. The van der Waals surface area contributed by atoms with Gasteiger partial charge in [0.1, 0.15) is 16.0 Å². The van der Waals surface area contributed by atoms with Gasteiger partial charge in [-0.1, -0.05) is 12.1 Å². The van der Waals surface area contributed by atoms with E-state index in [0.717, 1.165) is 11.3 Å². The third kappa shape index (κ3) is 5.56. The summed E-state index contributed by atoms with van der Waals surface area (Å²) in [5.74, 6) is 0.755. The molecule has 0 bridgehead atoms. The van der Waals surface area contributed by atoms with Crippen LogP contribution in [0, 0.1) is 0 Å². The SMILES string of the molecule is CCO[C@H](C(=O)N=NCc1cc(OC)c(Br)c(OC)c1)c1ccc(-n2cccn2)cc1. The van der Waals surface area contributed by atoms with Crippen molar-refractivity contribution in [1.29, 1.82) is 0 Å². The summed E-state index contributed by atoms with van der Waals surface area (Å²) in [6.07, 6.45) is 2.73. The van der Waals surface area contributed by atoms with Crippen molar-refractivity contribution in [2.45, 2.75) is 19.6 Å². The average molecular weight is 487 g/mol. The lowest BCUT2D eigenvalue weighted by Crippen LogP contribution is -2.14. The number of amides is 1. The van der Waals surface area contributed by atoms with Gasteiger partial charge in [0, 0.05) is 19.0 Å². The smallest absolute Gasteiger partial charge is 0.297 e. The van der Waals surface area contributed by atoms with E-state index in [1.807, 2.05) is 55.6 Å². The summed E-state index contributed by atoms with van der Waals surface area (Å²) in [5.41, 5.74) is 2.38. The van der Waals surface area contributed by atoms with Gasteiger partial charge in [0.05, 0.1) is 26.5 Å². The molecule has 0 unspecified atom stereocenters. The first kappa shape index (κ1) is 22.6. The van der Waals surface area contributed by atoms with Crippen molar-refractivity contribution in [1.82, 2.24) is 9.78 Å². The molecule has 162 valence electrons. The maximum absolute atomic E-state index is 12.7. The number of halogens is 1. The summed E-state index contributed by atoms with van der Waals surface area (Å²) in [6.45, 7) is 2.40. The molecule has 0 aliphatic carbocycles. The van der Waals surface area contributed by atoms with Gasteiger partial charge < -0.3 is 14.2 Å². The second kappa shape index (κ2) is 10.8. The van der Waals surface area contributed by atoms with Gasteiger partial charge in [0.15, 0.2) is 6.10 Å². The quantitative estimate of drug-likeness (QED) is 0.401. The van der Waals surface area contributed by atoms with Gasteiger partial charge in [0.25, 0.3) is 5.91 Å². The standard InChI is InChI=1S/C22H23BrN4O4/c1-4-31-21(16-6-8-17(9-7-16)27-11-5-10-25-27)22(28)26-24-14-15-12-18(29-2)20(23)19(13-15)30-3/h5-13,21H,4,14H2,1-3H3/t21-/m0/s1. The van der Waals surface area contributed by atoms with Crippen LogP contribution in [0.25, 0.3) is 5.69 Å². The van der Waals surface area contributed by atoms with Crippen molar-refractivity contribution in [3.63, 3.8) is 0 Å². The van der Waals surface area contributed by atoms with Crippen molar-refractivity contribution >= 4 is 21.8 Å². The molecule has 0 aliphatic heterocycles. The fourth-order valence-corrected chi connectivity index (χ4v) is 3.51. The lowest BCUT2D eigenvalue weighted by molar-refractivity contribution is -0.130. The number of rotatable bonds is 9. The molecule has 1 atom stereocenters. The van der Waals surface area contributed by atoms with Crippen LogP contribution in [0.4, 0.5) is 0 Å². The third-order valence-corrected chi connectivity index (χ3v) is 5.23. The molecule has 0 N–H and O–H groups in total. The van der Waals surface area contributed by atoms with Gasteiger partial charge in [-0.3, -0.25) is 4.79 Å². The van der Waals surface area contributed by atoms with E-state index in [1.54, 1.807) is 25.1 Å². The van der Waals surface area contributed by atoms with Gasteiger partial charge in [-0.2, -0.15) is 10.2 Å². The van der Waals surface area contributed by atoms with Crippen molar-refractivity contribution in [3.8, 4) is 17.2 Å². The highest BCUT2D eigenvalue weighted by atomic mass is 79.9. The lowest BCUT2D eigenvalue weighted by Gasteiger charge is -2.14. The van der Waals surface area contributed by atoms with Crippen molar-refractivity contribution in [2.24, 2.45) is 10.2 Å². The maximum Gasteiger partial charge on any atom is 0.297 e. The third-order valence-electron chi connectivity index (χ3n) is 4.45. The molecule has 1 aromatic heterocycles. The first-order chi connectivity index (χ1) is 15.1.